The summed E-state index contributed by atoms with van der Waals surface area (Å²) in [7, 11) is 0. The molecule has 2 N–H and O–H groups in total. The standard InChI is InChI=1S/C32H43N7O4/c1-21(2)42-30-14-24(6-7-25(30)15-33)26-16-34-32(35-17-26)36-29-20-39(37-31(29)41-13-5-12-40)28-10-8-27(9-11-28)38-18-22(3)43-23(4)19-38/h6-7,14,16-17,20-23,27-28,40H,5,8-13,18-19H2,1-4H3,(H,34,35,36)/t22-,23+,27?,28?. The number of morpholine rings is 1. The molecule has 0 bridgehead atoms. The van der Waals surface area contributed by atoms with Gasteiger partial charge in [-0.15, -0.1) is 5.10 Å². The van der Waals surface area contributed by atoms with Gasteiger partial charge >= 0.3 is 0 Å². The fourth-order valence-electron chi connectivity index (χ4n) is 6.00. The van der Waals surface area contributed by atoms with E-state index in [1.807, 2.05) is 36.9 Å². The first-order valence-corrected chi connectivity index (χ1v) is 15.4. The van der Waals surface area contributed by atoms with Gasteiger partial charge in [-0.25, -0.2) is 9.97 Å². The second kappa shape index (κ2) is 14.2. The first kappa shape index (κ1) is 30.7. The van der Waals surface area contributed by atoms with Gasteiger partial charge in [0, 0.05) is 50.1 Å². The third-order valence-corrected chi connectivity index (χ3v) is 7.94. The number of ether oxygens (including phenoxy) is 3. The molecule has 11 nitrogen and oxygen atoms in total. The number of hydrogen-bond acceptors (Lipinski definition) is 10. The molecule has 0 unspecified atom stereocenters. The maximum absolute atomic E-state index is 9.43. The van der Waals surface area contributed by atoms with Crippen LogP contribution in [0, 0.1) is 11.3 Å². The Morgan fingerprint density at radius 1 is 1.07 bits per heavy atom. The Morgan fingerprint density at radius 3 is 2.42 bits per heavy atom. The number of hydrogen-bond donors (Lipinski definition) is 2. The molecule has 43 heavy (non-hydrogen) atoms. The molecule has 1 aromatic carbocycles. The monoisotopic (exact) mass is 589 g/mol. The maximum atomic E-state index is 9.43. The number of aliphatic hydroxyl groups is 1. The van der Waals surface area contributed by atoms with Crippen LogP contribution >= 0.6 is 0 Å². The number of nitrogens with one attached hydrogen (secondary N) is 1. The topological polar surface area (TPSA) is 131 Å². The van der Waals surface area contributed by atoms with Gasteiger partial charge in [-0.05, 0) is 71.1 Å². The largest absolute Gasteiger partial charge is 0.490 e. The average molecular weight is 590 g/mol. The molecule has 2 atom stereocenters. The molecule has 2 aliphatic rings. The lowest BCUT2D eigenvalue weighted by atomic mass is 9.89. The number of nitrogens with zero attached hydrogens (tertiary/aromatic N) is 6. The van der Waals surface area contributed by atoms with E-state index in [0.29, 0.717) is 47.9 Å². The SMILES string of the molecule is CC(C)Oc1cc(-c2cnc(Nc3cn(C4CCC(N5C[C@@H](C)O[C@@H](C)C5)CC4)nc3OCCCO)nc2)ccc1C#N. The number of nitriles is 1. The maximum Gasteiger partial charge on any atom is 0.256 e. The summed E-state index contributed by atoms with van der Waals surface area (Å²) in [5, 5.41) is 26.8. The van der Waals surface area contributed by atoms with Gasteiger partial charge in [0.1, 0.15) is 17.5 Å². The van der Waals surface area contributed by atoms with Crippen LogP contribution in [0.4, 0.5) is 11.6 Å². The number of rotatable bonds is 11. The molecule has 0 radical (unpaired) electrons. The summed E-state index contributed by atoms with van der Waals surface area (Å²) in [6.45, 7) is 10.6. The summed E-state index contributed by atoms with van der Waals surface area (Å²) < 4.78 is 19.7. The van der Waals surface area contributed by atoms with E-state index in [1.54, 1.807) is 18.5 Å². The van der Waals surface area contributed by atoms with Crippen molar-refractivity contribution in [2.24, 2.45) is 0 Å². The van der Waals surface area contributed by atoms with E-state index in [9.17, 15) is 10.4 Å². The molecule has 1 saturated carbocycles. The zero-order valence-corrected chi connectivity index (χ0v) is 25.6. The van der Waals surface area contributed by atoms with Crippen LogP contribution in [-0.2, 0) is 4.74 Å². The van der Waals surface area contributed by atoms with Crippen molar-refractivity contribution in [1.29, 1.82) is 5.26 Å². The van der Waals surface area contributed by atoms with E-state index in [4.69, 9.17) is 19.3 Å². The molecule has 3 aromatic rings. The molecular weight excluding hydrogens is 546 g/mol. The van der Waals surface area contributed by atoms with Gasteiger partial charge in [0.15, 0.2) is 0 Å². The Balaban J connectivity index is 1.27. The van der Waals surface area contributed by atoms with Crippen LogP contribution in [0.3, 0.4) is 0 Å². The Labute approximate surface area is 253 Å². The summed E-state index contributed by atoms with van der Waals surface area (Å²) in [5.41, 5.74) is 2.84. The van der Waals surface area contributed by atoms with E-state index >= 15 is 0 Å². The van der Waals surface area contributed by atoms with Crippen molar-refractivity contribution in [1.82, 2.24) is 24.6 Å². The van der Waals surface area contributed by atoms with Gasteiger partial charge < -0.3 is 24.6 Å². The number of anilines is 2. The molecule has 1 aliphatic heterocycles. The Morgan fingerprint density at radius 2 is 1.77 bits per heavy atom. The predicted molar refractivity (Wildman–Crippen MR) is 164 cm³/mol. The minimum Gasteiger partial charge on any atom is -0.490 e. The van der Waals surface area contributed by atoms with Crippen molar-refractivity contribution >= 4 is 11.6 Å². The Kier molecular flexibility index (Phi) is 10.1. The van der Waals surface area contributed by atoms with Crippen molar-refractivity contribution < 1.29 is 19.3 Å². The molecule has 3 heterocycles. The van der Waals surface area contributed by atoms with E-state index in [-0.39, 0.29) is 31.0 Å². The fourth-order valence-corrected chi connectivity index (χ4v) is 6.00. The van der Waals surface area contributed by atoms with Crippen LogP contribution in [0.5, 0.6) is 11.6 Å². The highest BCUT2D eigenvalue weighted by molar-refractivity contribution is 5.67. The molecule has 0 spiro atoms. The zero-order valence-electron chi connectivity index (χ0n) is 25.6. The molecular formula is C32H43N7O4. The van der Waals surface area contributed by atoms with Crippen molar-refractivity contribution in [3.63, 3.8) is 0 Å². The summed E-state index contributed by atoms with van der Waals surface area (Å²) in [6, 6.07) is 8.50. The second-order valence-corrected chi connectivity index (χ2v) is 11.8. The van der Waals surface area contributed by atoms with E-state index < -0.39 is 0 Å². The van der Waals surface area contributed by atoms with Crippen LogP contribution in [0.1, 0.15) is 71.4 Å². The molecule has 0 amide bonds. The highest BCUT2D eigenvalue weighted by atomic mass is 16.5. The summed E-state index contributed by atoms with van der Waals surface area (Å²) in [6.07, 6.45) is 10.8. The highest BCUT2D eigenvalue weighted by Crippen LogP contribution is 2.35. The van der Waals surface area contributed by atoms with Crippen LogP contribution in [0.15, 0.2) is 36.8 Å². The van der Waals surface area contributed by atoms with Crippen molar-refractivity contribution in [3.8, 4) is 28.8 Å². The van der Waals surface area contributed by atoms with Gasteiger partial charge in [-0.2, -0.15) is 5.26 Å². The molecule has 1 saturated heterocycles. The zero-order chi connectivity index (χ0) is 30.3. The lowest BCUT2D eigenvalue weighted by molar-refractivity contribution is -0.0852. The van der Waals surface area contributed by atoms with Crippen LogP contribution in [0.25, 0.3) is 11.1 Å². The van der Waals surface area contributed by atoms with Gasteiger partial charge in [0.2, 0.25) is 5.95 Å². The smallest absolute Gasteiger partial charge is 0.256 e. The molecule has 1 aliphatic carbocycles. The van der Waals surface area contributed by atoms with E-state index in [0.717, 1.165) is 49.9 Å². The lowest BCUT2D eigenvalue weighted by Gasteiger charge is -2.42. The van der Waals surface area contributed by atoms with Crippen molar-refractivity contribution in [3.05, 3.63) is 42.4 Å². The van der Waals surface area contributed by atoms with Gasteiger partial charge in [0.25, 0.3) is 5.88 Å². The molecule has 2 fully saturated rings. The second-order valence-electron chi connectivity index (χ2n) is 11.8. The first-order chi connectivity index (χ1) is 20.8. The quantitative estimate of drug-likeness (QED) is 0.291. The molecule has 11 heteroatoms. The third-order valence-electron chi connectivity index (χ3n) is 7.94. The van der Waals surface area contributed by atoms with Gasteiger partial charge in [-0.3, -0.25) is 9.58 Å². The number of benzene rings is 1. The first-order valence-electron chi connectivity index (χ1n) is 15.4. The van der Waals surface area contributed by atoms with Crippen LogP contribution in [-0.4, -0.2) is 80.4 Å². The van der Waals surface area contributed by atoms with E-state index in [2.05, 4.69) is 40.1 Å². The van der Waals surface area contributed by atoms with Gasteiger partial charge in [-0.1, -0.05) is 6.07 Å². The van der Waals surface area contributed by atoms with Crippen LogP contribution in [0.2, 0.25) is 0 Å². The van der Waals surface area contributed by atoms with E-state index in [1.165, 1.54) is 0 Å². The third kappa shape index (κ3) is 7.82. The number of aromatic nitrogens is 4. The summed E-state index contributed by atoms with van der Waals surface area (Å²) in [4.78, 5) is 11.7. The van der Waals surface area contributed by atoms with Gasteiger partial charge in [0.05, 0.1) is 42.7 Å². The summed E-state index contributed by atoms with van der Waals surface area (Å²) >= 11 is 0. The summed E-state index contributed by atoms with van der Waals surface area (Å²) in [5.74, 6) is 1.43. The van der Waals surface area contributed by atoms with Crippen molar-refractivity contribution in [2.45, 2.75) is 90.2 Å². The lowest BCUT2D eigenvalue weighted by Crippen LogP contribution is -2.51. The Hall–Kier alpha value is -3.72. The fraction of sp³-hybridized carbons (Fsp3) is 0.562. The minimum atomic E-state index is -0.0488. The van der Waals surface area contributed by atoms with Crippen LogP contribution < -0.4 is 14.8 Å². The average Bonchev–Trinajstić information content (AvgIpc) is 3.39. The normalized spacial score (nSPS) is 22.7. The number of aliphatic hydroxyl groups excluding tert-OH is 1. The Bertz CT molecular complexity index is 1370. The molecule has 2 aromatic heterocycles. The predicted octanol–water partition coefficient (Wildman–Crippen LogP) is 5.10. The minimum absolute atomic E-state index is 0.0488. The highest BCUT2D eigenvalue weighted by Gasteiger charge is 2.32. The van der Waals surface area contributed by atoms with Crippen molar-refractivity contribution in [2.75, 3.05) is 31.6 Å². The molecule has 230 valence electrons. The molecule has 5 rings (SSSR count).